The Balaban J connectivity index is 1.28. The number of unbranched alkanes of at least 4 members (excludes halogenated alkanes) is 2. The summed E-state index contributed by atoms with van der Waals surface area (Å²) in [6.45, 7) is 7.32. The van der Waals surface area contributed by atoms with E-state index in [4.69, 9.17) is 9.47 Å². The summed E-state index contributed by atoms with van der Waals surface area (Å²) in [6, 6.07) is 33.8. The number of rotatable bonds is 17. The molecule has 4 N–H and O–H groups in total. The van der Waals surface area contributed by atoms with E-state index in [0.29, 0.717) is 26.1 Å². The third-order valence-electron chi connectivity index (χ3n) is 10.3. The first-order valence-corrected chi connectivity index (χ1v) is 18.8. The zero-order valence-corrected chi connectivity index (χ0v) is 31.4. The van der Waals surface area contributed by atoms with Crippen molar-refractivity contribution < 1.29 is 29.3 Å². The molecule has 0 bridgehead atoms. The molecule has 1 aliphatic rings. The second kappa shape index (κ2) is 19.6. The number of amides is 2. The van der Waals surface area contributed by atoms with Crippen molar-refractivity contribution in [2.45, 2.75) is 90.2 Å². The normalized spacial score (nSPS) is 19.8. The fourth-order valence-electron chi connectivity index (χ4n) is 6.86. The van der Waals surface area contributed by atoms with Gasteiger partial charge in [0.15, 0.2) is 6.29 Å². The molecule has 9 nitrogen and oxygen atoms in total. The van der Waals surface area contributed by atoms with Crippen LogP contribution < -0.4 is 10.6 Å². The highest BCUT2D eigenvalue weighted by Crippen LogP contribution is 2.42. The summed E-state index contributed by atoms with van der Waals surface area (Å²) in [7, 11) is 2.02. The van der Waals surface area contributed by atoms with E-state index in [1.165, 1.54) is 6.92 Å². The van der Waals surface area contributed by atoms with Crippen LogP contribution >= 0.6 is 0 Å². The van der Waals surface area contributed by atoms with Crippen molar-refractivity contribution in [3.05, 3.63) is 131 Å². The molecule has 282 valence electrons. The Kier molecular flexibility index (Phi) is 14.7. The molecule has 0 unspecified atom stereocenters. The largest absolute Gasteiger partial charge is 0.392 e. The van der Waals surface area contributed by atoms with Crippen molar-refractivity contribution in [2.75, 3.05) is 20.1 Å². The van der Waals surface area contributed by atoms with Crippen LogP contribution in [0.25, 0.3) is 11.1 Å². The molecular weight excluding hydrogens is 666 g/mol. The molecule has 2 amide bonds. The average Bonchev–Trinajstić information content (AvgIpc) is 3.19. The highest BCUT2D eigenvalue weighted by molar-refractivity contribution is 5.76. The molecule has 1 fully saturated rings. The molecule has 1 heterocycles. The molecule has 0 spiro atoms. The summed E-state index contributed by atoms with van der Waals surface area (Å²) in [6.07, 6.45) is 1.24. The van der Waals surface area contributed by atoms with Crippen molar-refractivity contribution in [2.24, 2.45) is 5.92 Å². The molecule has 1 aliphatic heterocycles. The molecule has 9 heteroatoms. The Morgan fingerprint density at radius 1 is 0.830 bits per heavy atom. The Bertz CT molecular complexity index is 1730. The summed E-state index contributed by atoms with van der Waals surface area (Å²) >= 11 is 0. The fraction of sp³-hybridized carbons (Fsp3) is 0.409. The number of hydrogen-bond acceptors (Lipinski definition) is 7. The van der Waals surface area contributed by atoms with Crippen molar-refractivity contribution in [1.29, 1.82) is 0 Å². The molecule has 53 heavy (non-hydrogen) atoms. The summed E-state index contributed by atoms with van der Waals surface area (Å²) in [4.78, 5) is 25.8. The van der Waals surface area contributed by atoms with E-state index in [2.05, 4.69) is 40.7 Å². The zero-order chi connectivity index (χ0) is 37.7. The van der Waals surface area contributed by atoms with Gasteiger partial charge in [-0.1, -0.05) is 116 Å². The van der Waals surface area contributed by atoms with E-state index in [-0.39, 0.29) is 42.6 Å². The van der Waals surface area contributed by atoms with Gasteiger partial charge in [0, 0.05) is 50.5 Å². The minimum atomic E-state index is -0.648. The van der Waals surface area contributed by atoms with Crippen molar-refractivity contribution in [1.82, 2.24) is 15.5 Å². The minimum Gasteiger partial charge on any atom is -0.392 e. The van der Waals surface area contributed by atoms with Crippen LogP contribution in [0.2, 0.25) is 0 Å². The lowest BCUT2D eigenvalue weighted by Crippen LogP contribution is -2.46. The van der Waals surface area contributed by atoms with Crippen LogP contribution in [0.1, 0.15) is 92.8 Å². The predicted octanol–water partition coefficient (Wildman–Crippen LogP) is 7.00. The molecule has 0 saturated carbocycles. The second-order valence-corrected chi connectivity index (χ2v) is 14.2. The first-order chi connectivity index (χ1) is 25.6. The first kappa shape index (κ1) is 39.8. The topological polar surface area (TPSA) is 120 Å². The Hall–Kier alpha value is -4.38. The third-order valence-corrected chi connectivity index (χ3v) is 10.3. The number of carbonyl (C=O) groups excluding carboxylic acids is 2. The number of aliphatic hydroxyl groups is 2. The van der Waals surface area contributed by atoms with Crippen LogP contribution in [0.15, 0.2) is 103 Å². The van der Waals surface area contributed by atoms with Gasteiger partial charge in [0.1, 0.15) is 0 Å². The molecule has 0 radical (unpaired) electrons. The number of benzene rings is 4. The number of nitrogens with one attached hydrogen (secondary N) is 2. The van der Waals surface area contributed by atoms with Crippen LogP contribution in [-0.4, -0.2) is 59.2 Å². The molecule has 0 aliphatic carbocycles. The van der Waals surface area contributed by atoms with Crippen LogP contribution in [-0.2, 0) is 32.2 Å². The predicted molar refractivity (Wildman–Crippen MR) is 207 cm³/mol. The standard InChI is InChI=1S/C44H55N3O6/c1-30-40(28-47(4)31(2)42(51)35-13-7-5-8-14-35)52-44(53-43(30)36-20-18-33(29-48)19-21-36)37-24-22-34(23-25-37)39-16-11-10-15-38(39)27-46-41(50)17-9-6-12-26-45-32(3)49/h5,7-8,10-11,13-16,18-25,30-31,40,42-44,48,51H,6,9,12,17,26-29H2,1-4H3,(H,45,49)(H,46,50)/t30-,31-,40+,42-,43+,44+/m0/s1. The minimum absolute atomic E-state index is 0.000144. The van der Waals surface area contributed by atoms with Gasteiger partial charge in [-0.15, -0.1) is 0 Å². The summed E-state index contributed by atoms with van der Waals surface area (Å²) < 4.78 is 13.4. The maximum Gasteiger partial charge on any atom is 0.220 e. The molecule has 4 aromatic carbocycles. The molecule has 1 saturated heterocycles. The van der Waals surface area contributed by atoms with E-state index in [9.17, 15) is 19.8 Å². The molecule has 5 rings (SSSR count). The molecule has 0 aromatic heterocycles. The van der Waals surface area contributed by atoms with E-state index >= 15 is 0 Å². The summed E-state index contributed by atoms with van der Waals surface area (Å²) in [5.74, 6) is -0.0177. The van der Waals surface area contributed by atoms with Gasteiger partial charge < -0.3 is 30.3 Å². The number of hydrogen-bond donors (Lipinski definition) is 4. The van der Waals surface area contributed by atoms with E-state index in [1.807, 2.05) is 98.9 Å². The average molecular weight is 722 g/mol. The van der Waals surface area contributed by atoms with Crippen molar-refractivity contribution in [3.8, 4) is 11.1 Å². The van der Waals surface area contributed by atoms with Gasteiger partial charge in [0.05, 0.1) is 24.9 Å². The quantitative estimate of drug-likeness (QED) is 0.0867. The van der Waals surface area contributed by atoms with Gasteiger partial charge >= 0.3 is 0 Å². The Labute approximate surface area is 314 Å². The first-order valence-electron chi connectivity index (χ1n) is 18.8. The van der Waals surface area contributed by atoms with E-state index in [0.717, 1.165) is 58.2 Å². The Morgan fingerprint density at radius 2 is 1.51 bits per heavy atom. The van der Waals surface area contributed by atoms with E-state index in [1.54, 1.807) is 0 Å². The highest BCUT2D eigenvalue weighted by Gasteiger charge is 2.39. The lowest BCUT2D eigenvalue weighted by molar-refractivity contribution is -0.276. The smallest absolute Gasteiger partial charge is 0.220 e. The SMILES string of the molecule is CC(=O)NCCCCCC(=O)NCc1ccccc1-c1ccc([C@@H]2O[C@H](CN(C)[C@@H](C)[C@H](O)c3ccccc3)[C@H](C)[C@H](c3ccc(CO)cc3)O2)cc1. The van der Waals surface area contributed by atoms with E-state index < -0.39 is 12.4 Å². The lowest BCUT2D eigenvalue weighted by atomic mass is 9.89. The van der Waals surface area contributed by atoms with Crippen LogP contribution in [0.5, 0.6) is 0 Å². The number of aliphatic hydroxyl groups excluding tert-OH is 2. The summed E-state index contributed by atoms with van der Waals surface area (Å²) in [5, 5.41) is 26.7. The number of nitrogens with zero attached hydrogens (tertiary/aromatic N) is 1. The number of likely N-dealkylation sites (N-methyl/N-ethyl adjacent to an activating group) is 1. The second-order valence-electron chi connectivity index (χ2n) is 14.2. The maximum atomic E-state index is 12.6. The van der Waals surface area contributed by atoms with Gasteiger partial charge in [-0.3, -0.25) is 14.5 Å². The summed E-state index contributed by atoms with van der Waals surface area (Å²) in [5.41, 5.74) is 6.73. The van der Waals surface area contributed by atoms with Gasteiger partial charge in [-0.05, 0) is 60.2 Å². The molecule has 4 aromatic rings. The van der Waals surface area contributed by atoms with Crippen molar-refractivity contribution in [3.63, 3.8) is 0 Å². The number of carbonyl (C=O) groups is 2. The lowest BCUT2D eigenvalue weighted by Gasteiger charge is -2.43. The van der Waals surface area contributed by atoms with Crippen LogP contribution in [0.4, 0.5) is 0 Å². The zero-order valence-electron chi connectivity index (χ0n) is 31.4. The van der Waals surface area contributed by atoms with Crippen LogP contribution in [0, 0.1) is 5.92 Å². The Morgan fingerprint density at radius 3 is 2.21 bits per heavy atom. The van der Waals surface area contributed by atoms with Gasteiger partial charge in [-0.2, -0.15) is 0 Å². The fourth-order valence-corrected chi connectivity index (χ4v) is 6.86. The third kappa shape index (κ3) is 11.1. The molecular formula is C44H55N3O6. The maximum absolute atomic E-state index is 12.6. The van der Waals surface area contributed by atoms with Crippen LogP contribution in [0.3, 0.4) is 0 Å². The number of ether oxygens (including phenoxy) is 2. The molecule has 6 atom stereocenters. The van der Waals surface area contributed by atoms with Gasteiger partial charge in [0.25, 0.3) is 0 Å². The highest BCUT2D eigenvalue weighted by atomic mass is 16.7. The van der Waals surface area contributed by atoms with Crippen molar-refractivity contribution >= 4 is 11.8 Å². The van der Waals surface area contributed by atoms with Gasteiger partial charge in [0.2, 0.25) is 11.8 Å². The monoisotopic (exact) mass is 721 g/mol. The van der Waals surface area contributed by atoms with Gasteiger partial charge in [-0.25, -0.2) is 0 Å².